The number of halogens is 2. The maximum absolute atomic E-state index is 5.91. The van der Waals surface area contributed by atoms with Crippen molar-refractivity contribution in [2.75, 3.05) is 0 Å². The maximum atomic E-state index is 5.91. The number of hydrogen-bond donors (Lipinski definition) is 1. The van der Waals surface area contributed by atoms with Crippen LogP contribution in [0.15, 0.2) is 34.8 Å². The Kier molecular flexibility index (Phi) is 5.90. The van der Waals surface area contributed by atoms with Crippen molar-refractivity contribution in [3.63, 3.8) is 0 Å². The molecule has 0 unspecified atom stereocenters. The molecule has 1 N–H and O–H groups in total. The van der Waals surface area contributed by atoms with Crippen LogP contribution < -0.4 is 10.1 Å². The lowest BCUT2D eigenvalue weighted by Crippen LogP contribution is -2.21. The zero-order valence-electron chi connectivity index (χ0n) is 11.5. The van der Waals surface area contributed by atoms with Crippen LogP contribution in [0.5, 0.6) is 5.75 Å². The van der Waals surface area contributed by atoms with Gasteiger partial charge in [-0.05, 0) is 46.3 Å². The van der Waals surface area contributed by atoms with Gasteiger partial charge in [0.15, 0.2) is 0 Å². The van der Waals surface area contributed by atoms with Crippen LogP contribution >= 0.6 is 38.9 Å². The molecule has 0 radical (unpaired) electrons. The highest BCUT2D eigenvalue weighted by molar-refractivity contribution is 9.10. The minimum Gasteiger partial charge on any atom is -0.487 e. The van der Waals surface area contributed by atoms with Crippen LogP contribution in [0.1, 0.15) is 23.6 Å². The summed E-state index contributed by atoms with van der Waals surface area (Å²) in [7, 11) is 0. The molecular weight excluding hydrogens is 358 g/mol. The molecule has 0 amide bonds. The largest absolute Gasteiger partial charge is 0.487 e. The van der Waals surface area contributed by atoms with Gasteiger partial charge in [-0.15, -0.1) is 11.3 Å². The minimum absolute atomic E-state index is 0.502. The first-order valence-corrected chi connectivity index (χ1v) is 8.42. The van der Waals surface area contributed by atoms with Gasteiger partial charge >= 0.3 is 0 Å². The highest BCUT2D eigenvalue weighted by Gasteiger charge is 2.05. The van der Waals surface area contributed by atoms with Gasteiger partial charge in [-0.25, -0.2) is 0 Å². The van der Waals surface area contributed by atoms with Gasteiger partial charge in [0.05, 0.1) is 4.47 Å². The zero-order chi connectivity index (χ0) is 14.5. The third-order valence-corrected chi connectivity index (χ3v) is 4.58. The first kappa shape index (κ1) is 15.8. The van der Waals surface area contributed by atoms with Crippen molar-refractivity contribution in [3.05, 3.63) is 49.6 Å². The lowest BCUT2D eigenvalue weighted by Gasteiger charge is -2.07. The summed E-state index contributed by atoms with van der Waals surface area (Å²) in [5.41, 5.74) is 0. The average Bonchev–Trinajstić information content (AvgIpc) is 2.83. The normalized spacial score (nSPS) is 11.1. The molecule has 2 rings (SSSR count). The van der Waals surface area contributed by atoms with Crippen LogP contribution in [-0.4, -0.2) is 6.04 Å². The predicted octanol–water partition coefficient (Wildman–Crippen LogP) is 5.24. The van der Waals surface area contributed by atoms with Crippen molar-refractivity contribution in [2.24, 2.45) is 0 Å². The number of ether oxygens (including phenoxy) is 1. The van der Waals surface area contributed by atoms with Crippen molar-refractivity contribution < 1.29 is 4.74 Å². The third-order valence-electron chi connectivity index (χ3n) is 2.67. The second-order valence-electron chi connectivity index (χ2n) is 4.77. The number of thiophene rings is 1. The van der Waals surface area contributed by atoms with Crippen molar-refractivity contribution in [3.8, 4) is 5.75 Å². The highest BCUT2D eigenvalue weighted by Crippen LogP contribution is 2.29. The maximum Gasteiger partial charge on any atom is 0.134 e. The van der Waals surface area contributed by atoms with Crippen molar-refractivity contribution in [2.45, 2.75) is 33.0 Å². The highest BCUT2D eigenvalue weighted by atomic mass is 79.9. The van der Waals surface area contributed by atoms with E-state index in [0.29, 0.717) is 17.7 Å². The second-order valence-corrected chi connectivity index (χ2v) is 7.31. The van der Waals surface area contributed by atoms with E-state index in [0.717, 1.165) is 16.8 Å². The fraction of sp³-hybridized carbons (Fsp3) is 0.333. The summed E-state index contributed by atoms with van der Waals surface area (Å²) in [5, 5.41) is 4.11. The van der Waals surface area contributed by atoms with E-state index in [4.69, 9.17) is 16.3 Å². The summed E-state index contributed by atoms with van der Waals surface area (Å²) in [5.74, 6) is 0.810. The van der Waals surface area contributed by atoms with Crippen LogP contribution in [-0.2, 0) is 13.2 Å². The van der Waals surface area contributed by atoms with Gasteiger partial charge in [0.1, 0.15) is 12.4 Å². The van der Waals surface area contributed by atoms with Crippen LogP contribution in [0, 0.1) is 0 Å². The fourth-order valence-electron chi connectivity index (χ4n) is 1.64. The standard InChI is InChI=1S/C15H17BrClNOS/c1-10(2)18-8-12-4-5-13(20-12)9-19-15-6-3-11(17)7-14(15)16/h3-7,10,18H,8-9H2,1-2H3. The molecule has 0 saturated carbocycles. The summed E-state index contributed by atoms with van der Waals surface area (Å²) in [6, 6.07) is 10.3. The molecule has 1 aromatic carbocycles. The average molecular weight is 375 g/mol. The van der Waals surface area contributed by atoms with E-state index < -0.39 is 0 Å². The Hall–Kier alpha value is -0.550. The first-order chi connectivity index (χ1) is 9.54. The molecule has 108 valence electrons. The molecule has 20 heavy (non-hydrogen) atoms. The Morgan fingerprint density at radius 3 is 2.70 bits per heavy atom. The van der Waals surface area contributed by atoms with Crippen molar-refractivity contribution >= 4 is 38.9 Å². The van der Waals surface area contributed by atoms with Gasteiger partial charge < -0.3 is 10.1 Å². The van der Waals surface area contributed by atoms with Crippen LogP contribution in [0.2, 0.25) is 5.02 Å². The number of benzene rings is 1. The summed E-state index contributed by atoms with van der Waals surface area (Å²) in [4.78, 5) is 2.54. The fourth-order valence-corrected chi connectivity index (χ4v) is 3.32. The lowest BCUT2D eigenvalue weighted by molar-refractivity contribution is 0.308. The Morgan fingerprint density at radius 2 is 2.00 bits per heavy atom. The third kappa shape index (κ3) is 4.77. The van der Waals surface area contributed by atoms with Crippen LogP contribution in [0.4, 0.5) is 0 Å². The number of nitrogens with one attached hydrogen (secondary N) is 1. The minimum atomic E-state index is 0.502. The smallest absolute Gasteiger partial charge is 0.134 e. The van der Waals surface area contributed by atoms with E-state index in [2.05, 4.69) is 47.2 Å². The quantitative estimate of drug-likeness (QED) is 0.746. The summed E-state index contributed by atoms with van der Waals surface area (Å²) in [6.45, 7) is 5.78. The Bertz CT molecular complexity index is 571. The Balaban J connectivity index is 1.90. The van der Waals surface area contributed by atoms with Crippen molar-refractivity contribution in [1.82, 2.24) is 5.32 Å². The van der Waals surface area contributed by atoms with Gasteiger partial charge in [0.25, 0.3) is 0 Å². The summed E-state index contributed by atoms with van der Waals surface area (Å²) < 4.78 is 6.68. The molecule has 0 saturated heterocycles. The monoisotopic (exact) mass is 373 g/mol. The second kappa shape index (κ2) is 7.46. The van der Waals surface area contributed by atoms with Crippen LogP contribution in [0.25, 0.3) is 0 Å². The van der Waals surface area contributed by atoms with Crippen molar-refractivity contribution in [1.29, 1.82) is 0 Å². The molecule has 0 bridgehead atoms. The molecule has 2 aromatic rings. The molecule has 0 fully saturated rings. The summed E-state index contributed by atoms with van der Waals surface area (Å²) in [6.07, 6.45) is 0. The Morgan fingerprint density at radius 1 is 1.25 bits per heavy atom. The van der Waals surface area contributed by atoms with Gasteiger partial charge in [-0.3, -0.25) is 0 Å². The van der Waals surface area contributed by atoms with E-state index in [1.54, 1.807) is 11.3 Å². The van der Waals surface area contributed by atoms with E-state index in [-0.39, 0.29) is 0 Å². The molecule has 2 nitrogen and oxygen atoms in total. The topological polar surface area (TPSA) is 21.3 Å². The molecule has 5 heteroatoms. The van der Waals surface area contributed by atoms with E-state index in [1.807, 2.05) is 18.2 Å². The molecule has 0 aliphatic rings. The first-order valence-electron chi connectivity index (χ1n) is 6.43. The van der Waals surface area contributed by atoms with E-state index >= 15 is 0 Å². The zero-order valence-corrected chi connectivity index (χ0v) is 14.6. The van der Waals surface area contributed by atoms with Gasteiger partial charge in [-0.1, -0.05) is 25.4 Å². The Labute approximate surface area is 137 Å². The number of hydrogen-bond acceptors (Lipinski definition) is 3. The van der Waals surface area contributed by atoms with Gasteiger partial charge in [0, 0.05) is 27.4 Å². The molecule has 0 atom stereocenters. The molecule has 0 spiro atoms. The molecular formula is C15H17BrClNOS. The molecule has 0 aliphatic heterocycles. The predicted molar refractivity (Wildman–Crippen MR) is 89.8 cm³/mol. The molecule has 0 aliphatic carbocycles. The summed E-state index contributed by atoms with van der Waals surface area (Å²) >= 11 is 11.1. The molecule has 1 heterocycles. The van der Waals surface area contributed by atoms with Crippen LogP contribution in [0.3, 0.4) is 0 Å². The molecule has 1 aromatic heterocycles. The number of rotatable bonds is 6. The van der Waals surface area contributed by atoms with Gasteiger partial charge in [0.2, 0.25) is 0 Å². The van der Waals surface area contributed by atoms with Gasteiger partial charge in [-0.2, -0.15) is 0 Å². The van der Waals surface area contributed by atoms with E-state index in [9.17, 15) is 0 Å². The van der Waals surface area contributed by atoms with E-state index in [1.165, 1.54) is 9.75 Å². The SMILES string of the molecule is CC(C)NCc1ccc(COc2ccc(Cl)cc2Br)s1. The lowest BCUT2D eigenvalue weighted by atomic mass is 10.3.